The molecule has 0 N–H and O–H groups in total. The molecule has 0 amide bonds. The van der Waals surface area contributed by atoms with Crippen molar-refractivity contribution in [2.45, 2.75) is 13.3 Å². The molecule has 0 aliphatic heterocycles. The molecule has 0 aliphatic carbocycles. The minimum absolute atomic E-state index is 0.535. The predicted molar refractivity (Wildman–Crippen MR) is 47.9 cm³/mol. The van der Waals surface area contributed by atoms with Gasteiger partial charge in [0.2, 0.25) is 6.08 Å². The van der Waals surface area contributed by atoms with Gasteiger partial charge >= 0.3 is 0 Å². The number of carbonyl (C=O) groups excluding carboxylic acids is 1. The van der Waals surface area contributed by atoms with E-state index in [1.807, 2.05) is 25.1 Å². The summed E-state index contributed by atoms with van der Waals surface area (Å²) in [5, 5.41) is 0. The van der Waals surface area contributed by atoms with Crippen LogP contribution < -0.4 is 0 Å². The summed E-state index contributed by atoms with van der Waals surface area (Å²) in [6.07, 6.45) is 2.34. The van der Waals surface area contributed by atoms with Crippen LogP contribution >= 0.6 is 0 Å². The van der Waals surface area contributed by atoms with E-state index >= 15 is 0 Å². The van der Waals surface area contributed by atoms with Crippen LogP contribution in [0.4, 0.5) is 0 Å². The topological polar surface area (TPSA) is 29.4 Å². The number of hydrogen-bond donors (Lipinski definition) is 0. The molecule has 2 nitrogen and oxygen atoms in total. The molecule has 1 aromatic carbocycles. The lowest BCUT2D eigenvalue weighted by Crippen LogP contribution is -1.89. The summed E-state index contributed by atoms with van der Waals surface area (Å²) < 4.78 is 0. The Bertz CT molecular complexity index is 300. The van der Waals surface area contributed by atoms with Crippen LogP contribution in [0.3, 0.4) is 0 Å². The Hall–Kier alpha value is -1.40. The fraction of sp³-hybridized carbons (Fsp3) is 0.300. The van der Waals surface area contributed by atoms with Gasteiger partial charge in [0.25, 0.3) is 0 Å². The average Bonchev–Trinajstić information content (AvgIpc) is 2.05. The number of aryl methyl sites for hydroxylation is 1. The van der Waals surface area contributed by atoms with Gasteiger partial charge in [0.1, 0.15) is 0 Å². The lowest BCUT2D eigenvalue weighted by Gasteiger charge is -1.97. The Labute approximate surface area is 71.9 Å². The Morgan fingerprint density at radius 1 is 1.50 bits per heavy atom. The van der Waals surface area contributed by atoms with Gasteiger partial charge in [-0.25, -0.2) is 9.79 Å². The summed E-state index contributed by atoms with van der Waals surface area (Å²) in [4.78, 5) is 13.3. The van der Waals surface area contributed by atoms with Crippen LogP contribution in [-0.4, -0.2) is 12.6 Å². The van der Waals surface area contributed by atoms with Crippen molar-refractivity contribution in [1.82, 2.24) is 0 Å². The Kier molecular flexibility index (Phi) is 3.24. The van der Waals surface area contributed by atoms with Crippen molar-refractivity contribution in [2.75, 3.05) is 6.54 Å². The Morgan fingerprint density at radius 3 is 3.00 bits per heavy atom. The van der Waals surface area contributed by atoms with Crippen LogP contribution in [0.2, 0.25) is 0 Å². The zero-order chi connectivity index (χ0) is 8.81. The normalized spacial score (nSPS) is 9.08. The standard InChI is InChI=1S/C10H11NO/c1-9-3-2-4-10(7-9)5-6-11-8-12/h2-4,7H,5-6H2,1H3. The van der Waals surface area contributed by atoms with E-state index in [1.54, 1.807) is 0 Å². The van der Waals surface area contributed by atoms with Crippen LogP contribution in [0, 0.1) is 6.92 Å². The number of hydrogen-bond acceptors (Lipinski definition) is 2. The third-order valence-corrected chi connectivity index (χ3v) is 1.66. The summed E-state index contributed by atoms with van der Waals surface area (Å²) in [5.41, 5.74) is 2.46. The van der Waals surface area contributed by atoms with Crippen molar-refractivity contribution in [3.8, 4) is 0 Å². The SMILES string of the molecule is Cc1cccc(CCN=C=O)c1. The van der Waals surface area contributed by atoms with Crippen molar-refractivity contribution < 1.29 is 4.79 Å². The van der Waals surface area contributed by atoms with E-state index in [2.05, 4.69) is 11.1 Å². The van der Waals surface area contributed by atoms with E-state index in [9.17, 15) is 4.79 Å². The fourth-order valence-corrected chi connectivity index (χ4v) is 1.10. The molecule has 0 aliphatic rings. The molecule has 1 rings (SSSR count). The highest BCUT2D eigenvalue weighted by Gasteiger charge is 1.91. The smallest absolute Gasteiger partial charge is 0.211 e. The van der Waals surface area contributed by atoms with Gasteiger partial charge in [-0.3, -0.25) is 0 Å². The van der Waals surface area contributed by atoms with Gasteiger partial charge in [-0.05, 0) is 18.9 Å². The maximum Gasteiger partial charge on any atom is 0.234 e. The molecule has 0 saturated carbocycles. The van der Waals surface area contributed by atoms with E-state index < -0.39 is 0 Å². The van der Waals surface area contributed by atoms with Crippen molar-refractivity contribution in [3.05, 3.63) is 35.4 Å². The lowest BCUT2D eigenvalue weighted by atomic mass is 10.1. The quantitative estimate of drug-likeness (QED) is 0.491. The molecule has 0 saturated heterocycles. The average molecular weight is 161 g/mol. The first-order chi connectivity index (χ1) is 5.83. The zero-order valence-electron chi connectivity index (χ0n) is 7.08. The van der Waals surface area contributed by atoms with Gasteiger partial charge in [-0.1, -0.05) is 29.8 Å². The highest BCUT2D eigenvalue weighted by atomic mass is 16.1. The highest BCUT2D eigenvalue weighted by Crippen LogP contribution is 2.04. The van der Waals surface area contributed by atoms with Crippen molar-refractivity contribution in [2.24, 2.45) is 4.99 Å². The van der Waals surface area contributed by atoms with Crippen LogP contribution in [0.1, 0.15) is 11.1 Å². The molecule has 0 fully saturated rings. The number of isocyanates is 1. The van der Waals surface area contributed by atoms with Gasteiger partial charge in [0.15, 0.2) is 0 Å². The van der Waals surface area contributed by atoms with E-state index in [0.717, 1.165) is 6.42 Å². The molecule has 0 spiro atoms. The first-order valence-electron chi connectivity index (χ1n) is 3.92. The highest BCUT2D eigenvalue weighted by molar-refractivity contribution is 5.33. The van der Waals surface area contributed by atoms with Crippen LogP contribution in [-0.2, 0) is 11.2 Å². The number of rotatable bonds is 3. The first kappa shape index (κ1) is 8.69. The molecular weight excluding hydrogens is 150 g/mol. The van der Waals surface area contributed by atoms with Gasteiger partial charge in [0.05, 0.1) is 6.54 Å². The molecule has 0 unspecified atom stereocenters. The molecule has 1 aromatic rings. The minimum Gasteiger partial charge on any atom is -0.211 e. The number of benzene rings is 1. The summed E-state index contributed by atoms with van der Waals surface area (Å²) in [6, 6.07) is 8.19. The largest absolute Gasteiger partial charge is 0.234 e. The van der Waals surface area contributed by atoms with Crippen LogP contribution in [0.15, 0.2) is 29.3 Å². The fourth-order valence-electron chi connectivity index (χ4n) is 1.10. The van der Waals surface area contributed by atoms with E-state index in [4.69, 9.17) is 0 Å². The summed E-state index contributed by atoms with van der Waals surface area (Å²) in [6.45, 7) is 2.58. The van der Waals surface area contributed by atoms with Gasteiger partial charge < -0.3 is 0 Å². The summed E-state index contributed by atoms with van der Waals surface area (Å²) >= 11 is 0. The van der Waals surface area contributed by atoms with Crippen molar-refractivity contribution >= 4 is 6.08 Å². The van der Waals surface area contributed by atoms with E-state index in [1.165, 1.54) is 17.2 Å². The maximum absolute atomic E-state index is 9.77. The predicted octanol–water partition coefficient (Wildman–Crippen LogP) is 1.87. The molecule has 0 atom stereocenters. The molecule has 2 heteroatoms. The van der Waals surface area contributed by atoms with E-state index in [-0.39, 0.29) is 0 Å². The van der Waals surface area contributed by atoms with Crippen LogP contribution in [0.5, 0.6) is 0 Å². The Balaban J connectivity index is 2.57. The molecule has 12 heavy (non-hydrogen) atoms. The van der Waals surface area contributed by atoms with Gasteiger partial charge in [-0.15, -0.1) is 0 Å². The summed E-state index contributed by atoms with van der Waals surface area (Å²) in [5.74, 6) is 0. The molecule has 62 valence electrons. The van der Waals surface area contributed by atoms with Crippen molar-refractivity contribution in [1.29, 1.82) is 0 Å². The minimum atomic E-state index is 0.535. The molecule has 0 bridgehead atoms. The van der Waals surface area contributed by atoms with Crippen LogP contribution in [0.25, 0.3) is 0 Å². The second-order valence-corrected chi connectivity index (χ2v) is 2.71. The maximum atomic E-state index is 9.77. The third kappa shape index (κ3) is 2.69. The van der Waals surface area contributed by atoms with Crippen molar-refractivity contribution in [3.63, 3.8) is 0 Å². The second kappa shape index (κ2) is 4.47. The Morgan fingerprint density at radius 2 is 2.33 bits per heavy atom. The second-order valence-electron chi connectivity index (χ2n) is 2.71. The zero-order valence-corrected chi connectivity index (χ0v) is 7.08. The van der Waals surface area contributed by atoms with Gasteiger partial charge in [-0.2, -0.15) is 0 Å². The molecule has 0 radical (unpaired) electrons. The summed E-state index contributed by atoms with van der Waals surface area (Å²) in [7, 11) is 0. The molecule has 0 heterocycles. The first-order valence-corrected chi connectivity index (χ1v) is 3.92. The third-order valence-electron chi connectivity index (χ3n) is 1.66. The number of nitrogens with zero attached hydrogens (tertiary/aromatic N) is 1. The van der Waals surface area contributed by atoms with Gasteiger partial charge in [0, 0.05) is 0 Å². The lowest BCUT2D eigenvalue weighted by molar-refractivity contribution is 0.563. The monoisotopic (exact) mass is 161 g/mol. The molecule has 0 aromatic heterocycles. The number of aliphatic imine (C=N–C) groups is 1. The van der Waals surface area contributed by atoms with E-state index in [0.29, 0.717) is 6.54 Å². The molecular formula is C10H11NO.